The topological polar surface area (TPSA) is 131 Å². The number of sulfonamides is 1. The van der Waals surface area contributed by atoms with E-state index in [0.29, 0.717) is 16.8 Å². The van der Waals surface area contributed by atoms with E-state index in [2.05, 4.69) is 22.5 Å². The number of nitrogens with zero attached hydrogens (tertiary/aromatic N) is 2. The highest BCUT2D eigenvalue weighted by Crippen LogP contribution is 2.26. The Balaban J connectivity index is 2.34. The molecule has 0 aromatic heterocycles. The van der Waals surface area contributed by atoms with Crippen LogP contribution in [0.4, 0.5) is 5.69 Å². The quantitative estimate of drug-likeness (QED) is 0.531. The minimum Gasteiger partial charge on any atom is -0.507 e. The van der Waals surface area contributed by atoms with Crippen LogP contribution in [0.15, 0.2) is 63.8 Å². The van der Waals surface area contributed by atoms with E-state index in [1.54, 1.807) is 18.2 Å². The molecule has 26 heavy (non-hydrogen) atoms. The van der Waals surface area contributed by atoms with Crippen molar-refractivity contribution in [2.45, 2.75) is 4.90 Å². The van der Waals surface area contributed by atoms with E-state index in [-0.39, 0.29) is 10.6 Å². The monoisotopic (exact) mass is 370 g/mol. The van der Waals surface area contributed by atoms with Gasteiger partial charge >= 0.3 is 0 Å². The molecule has 134 valence electrons. The largest absolute Gasteiger partial charge is 0.507 e. The van der Waals surface area contributed by atoms with Gasteiger partial charge in [0.25, 0.3) is 10.0 Å². The van der Waals surface area contributed by atoms with Gasteiger partial charge in [0.2, 0.25) is 5.96 Å². The first kappa shape index (κ1) is 18.9. The van der Waals surface area contributed by atoms with Crippen LogP contribution < -0.4 is 11.5 Å². The van der Waals surface area contributed by atoms with Gasteiger partial charge in [-0.25, -0.2) is 0 Å². The number of rotatable bonds is 6. The Morgan fingerprint density at radius 3 is 2.19 bits per heavy atom. The summed E-state index contributed by atoms with van der Waals surface area (Å²) in [7, 11) is -3.94. The van der Waals surface area contributed by atoms with Crippen LogP contribution in [-0.4, -0.2) is 25.7 Å². The lowest BCUT2D eigenvalue weighted by Crippen LogP contribution is -2.24. The number of hydrogen-bond donors (Lipinski definition) is 3. The zero-order valence-corrected chi connectivity index (χ0v) is 14.6. The van der Waals surface area contributed by atoms with Gasteiger partial charge in [-0.1, -0.05) is 25.3 Å². The summed E-state index contributed by atoms with van der Waals surface area (Å²) < 4.78 is 27.0. The molecule has 0 unspecified atom stereocenters. The Labute approximate surface area is 151 Å². The SMILES string of the molecule is C=Cc1cc(C=C)c(O)c(C=Nc2ccc(S(=O)(=O)N=C(N)N)cc2)c1. The number of benzene rings is 2. The van der Waals surface area contributed by atoms with Gasteiger partial charge < -0.3 is 16.6 Å². The molecular formula is C18H18N4O3S. The molecule has 0 radical (unpaired) electrons. The fourth-order valence-electron chi connectivity index (χ4n) is 2.12. The van der Waals surface area contributed by atoms with E-state index >= 15 is 0 Å². The molecule has 0 saturated carbocycles. The van der Waals surface area contributed by atoms with E-state index in [0.717, 1.165) is 5.56 Å². The molecule has 2 aromatic rings. The van der Waals surface area contributed by atoms with Crippen LogP contribution in [0.1, 0.15) is 16.7 Å². The molecule has 2 rings (SSSR count). The predicted octanol–water partition coefficient (Wildman–Crippen LogP) is 2.39. The third-order valence-electron chi connectivity index (χ3n) is 3.36. The van der Waals surface area contributed by atoms with Gasteiger partial charge in [-0.15, -0.1) is 4.40 Å². The van der Waals surface area contributed by atoms with E-state index in [1.807, 2.05) is 0 Å². The highest BCUT2D eigenvalue weighted by Gasteiger charge is 2.12. The fourth-order valence-corrected chi connectivity index (χ4v) is 2.98. The maximum atomic E-state index is 11.9. The lowest BCUT2D eigenvalue weighted by Gasteiger charge is -2.06. The van der Waals surface area contributed by atoms with Crippen LogP contribution in [0.25, 0.3) is 12.2 Å². The molecule has 0 amide bonds. The van der Waals surface area contributed by atoms with Gasteiger partial charge in [0, 0.05) is 17.3 Å². The molecule has 0 heterocycles. The Morgan fingerprint density at radius 1 is 1.04 bits per heavy atom. The molecule has 5 N–H and O–H groups in total. The minimum atomic E-state index is -3.94. The third-order valence-corrected chi connectivity index (χ3v) is 4.68. The van der Waals surface area contributed by atoms with Crippen molar-refractivity contribution in [3.8, 4) is 5.75 Å². The number of nitrogens with two attached hydrogens (primary N) is 2. The average molecular weight is 370 g/mol. The van der Waals surface area contributed by atoms with Gasteiger partial charge in [-0.3, -0.25) is 4.99 Å². The zero-order valence-electron chi connectivity index (χ0n) is 13.8. The standard InChI is InChI=1S/C18H18N4O3S/c1-3-12-9-13(4-2)17(23)14(10-12)11-21-15-5-7-16(8-6-15)26(24,25)22-18(19)20/h3-11,23H,1-2H2,(H4,19,20,22). The van der Waals surface area contributed by atoms with E-state index in [1.165, 1.54) is 36.6 Å². The number of aromatic hydroxyl groups is 1. The Kier molecular flexibility index (Phi) is 5.58. The molecule has 0 fully saturated rings. The van der Waals surface area contributed by atoms with Gasteiger partial charge in [0.1, 0.15) is 5.75 Å². The molecule has 0 atom stereocenters. The summed E-state index contributed by atoms with van der Waals surface area (Å²) in [6, 6.07) is 9.13. The van der Waals surface area contributed by atoms with E-state index in [4.69, 9.17) is 11.5 Å². The van der Waals surface area contributed by atoms with E-state index < -0.39 is 16.0 Å². The first-order chi connectivity index (χ1) is 12.3. The van der Waals surface area contributed by atoms with Crippen molar-refractivity contribution >= 4 is 40.0 Å². The molecule has 2 aromatic carbocycles. The summed E-state index contributed by atoms with van der Waals surface area (Å²) in [5.41, 5.74) is 12.5. The summed E-state index contributed by atoms with van der Waals surface area (Å²) >= 11 is 0. The first-order valence-corrected chi connectivity index (χ1v) is 8.83. The van der Waals surface area contributed by atoms with Gasteiger partial charge in [-0.05, 0) is 42.0 Å². The predicted molar refractivity (Wildman–Crippen MR) is 105 cm³/mol. The van der Waals surface area contributed by atoms with Crippen molar-refractivity contribution in [2.24, 2.45) is 20.9 Å². The van der Waals surface area contributed by atoms with Gasteiger partial charge in [0.05, 0.1) is 10.6 Å². The van der Waals surface area contributed by atoms with Crippen LogP contribution in [0.5, 0.6) is 5.75 Å². The number of aliphatic imine (C=N–C) groups is 1. The lowest BCUT2D eigenvalue weighted by atomic mass is 10.0. The molecule has 0 aliphatic rings. The highest BCUT2D eigenvalue weighted by molar-refractivity contribution is 7.90. The summed E-state index contributed by atoms with van der Waals surface area (Å²) in [5.74, 6) is -0.496. The molecule has 0 bridgehead atoms. The number of guanidine groups is 1. The molecule has 0 saturated heterocycles. The number of hydrogen-bond acceptors (Lipinski definition) is 4. The van der Waals surface area contributed by atoms with Gasteiger partial charge in [-0.2, -0.15) is 8.42 Å². The highest BCUT2D eigenvalue weighted by atomic mass is 32.2. The second kappa shape index (κ2) is 7.66. The van der Waals surface area contributed by atoms with Crippen molar-refractivity contribution in [3.63, 3.8) is 0 Å². The van der Waals surface area contributed by atoms with E-state index in [9.17, 15) is 13.5 Å². The zero-order chi connectivity index (χ0) is 19.3. The second-order valence-electron chi connectivity index (χ2n) is 5.20. The van der Waals surface area contributed by atoms with Crippen molar-refractivity contribution < 1.29 is 13.5 Å². The van der Waals surface area contributed by atoms with Crippen LogP contribution in [-0.2, 0) is 10.0 Å². The van der Waals surface area contributed by atoms with Gasteiger partial charge in [0.15, 0.2) is 0 Å². The Hall–Kier alpha value is -3.39. The third kappa shape index (κ3) is 4.37. The second-order valence-corrected chi connectivity index (χ2v) is 6.80. The first-order valence-electron chi connectivity index (χ1n) is 7.38. The van der Waals surface area contributed by atoms with Crippen molar-refractivity contribution in [2.75, 3.05) is 0 Å². The maximum absolute atomic E-state index is 11.9. The van der Waals surface area contributed by atoms with Crippen LogP contribution in [0.2, 0.25) is 0 Å². The summed E-state index contributed by atoms with van der Waals surface area (Å²) in [5, 5.41) is 10.2. The van der Waals surface area contributed by atoms with Crippen LogP contribution in [0, 0.1) is 0 Å². The smallest absolute Gasteiger partial charge is 0.285 e. The van der Waals surface area contributed by atoms with Crippen molar-refractivity contribution in [3.05, 3.63) is 66.2 Å². The molecule has 0 aliphatic heterocycles. The Morgan fingerprint density at radius 2 is 1.65 bits per heavy atom. The normalized spacial score (nSPS) is 11.2. The number of phenols is 1. The molecule has 8 heteroatoms. The van der Waals surface area contributed by atoms with Crippen LogP contribution >= 0.6 is 0 Å². The maximum Gasteiger partial charge on any atom is 0.285 e. The molecular weight excluding hydrogens is 352 g/mol. The Bertz CT molecular complexity index is 1000. The summed E-state index contributed by atoms with van der Waals surface area (Å²) in [4.78, 5) is 4.18. The number of phenolic OH excluding ortho intramolecular Hbond substituents is 1. The summed E-state index contributed by atoms with van der Waals surface area (Å²) in [6.45, 7) is 7.36. The lowest BCUT2D eigenvalue weighted by molar-refractivity contribution is 0.473. The van der Waals surface area contributed by atoms with Crippen molar-refractivity contribution in [1.82, 2.24) is 0 Å². The average Bonchev–Trinajstić information content (AvgIpc) is 2.60. The molecule has 7 nitrogen and oxygen atoms in total. The molecule has 0 aliphatic carbocycles. The minimum absolute atomic E-state index is 0.0429. The summed E-state index contributed by atoms with van der Waals surface area (Å²) in [6.07, 6.45) is 4.64. The fraction of sp³-hybridized carbons (Fsp3) is 0. The van der Waals surface area contributed by atoms with Crippen LogP contribution in [0.3, 0.4) is 0 Å². The van der Waals surface area contributed by atoms with Crippen molar-refractivity contribution in [1.29, 1.82) is 0 Å². The molecule has 0 spiro atoms.